The van der Waals surface area contributed by atoms with Crippen molar-refractivity contribution in [2.75, 3.05) is 12.3 Å². The minimum absolute atomic E-state index is 0.441. The van der Waals surface area contributed by atoms with Crippen molar-refractivity contribution in [1.29, 1.82) is 0 Å². The average molecular weight is 213 g/mol. The van der Waals surface area contributed by atoms with E-state index < -0.39 is 0 Å². The van der Waals surface area contributed by atoms with E-state index in [0.29, 0.717) is 10.3 Å². The third-order valence-corrected chi connectivity index (χ3v) is 5.34. The van der Waals surface area contributed by atoms with Crippen LogP contribution in [0.2, 0.25) is 0 Å². The number of nitrogens with one attached hydrogen (secondary N) is 1. The maximum absolute atomic E-state index is 3.79. The van der Waals surface area contributed by atoms with Gasteiger partial charge in [0, 0.05) is 12.3 Å². The molecule has 2 aliphatic rings. The van der Waals surface area contributed by atoms with E-state index in [-0.39, 0.29) is 0 Å². The van der Waals surface area contributed by atoms with Gasteiger partial charge in [0.2, 0.25) is 0 Å². The monoisotopic (exact) mass is 213 g/mol. The zero-order chi connectivity index (χ0) is 10.2. The van der Waals surface area contributed by atoms with Crippen LogP contribution in [0, 0.1) is 11.3 Å². The van der Waals surface area contributed by atoms with E-state index >= 15 is 0 Å². The Bertz CT molecular complexity index is 201. The van der Waals surface area contributed by atoms with Crippen LogP contribution in [-0.2, 0) is 0 Å². The van der Waals surface area contributed by atoms with Crippen molar-refractivity contribution in [2.24, 2.45) is 11.3 Å². The van der Waals surface area contributed by atoms with Gasteiger partial charge in [-0.1, -0.05) is 33.6 Å². The summed E-state index contributed by atoms with van der Waals surface area (Å²) in [5.41, 5.74) is 0.463. The van der Waals surface area contributed by atoms with Crippen molar-refractivity contribution in [2.45, 2.75) is 51.3 Å². The second kappa shape index (κ2) is 3.71. The van der Waals surface area contributed by atoms with Gasteiger partial charge in [-0.25, -0.2) is 0 Å². The smallest absolute Gasteiger partial charge is 0.0679 e. The van der Waals surface area contributed by atoms with Crippen LogP contribution >= 0.6 is 11.8 Å². The topological polar surface area (TPSA) is 12.0 Å². The second-order valence-corrected chi connectivity index (χ2v) is 7.25. The van der Waals surface area contributed by atoms with Gasteiger partial charge in [0.15, 0.2) is 0 Å². The summed E-state index contributed by atoms with van der Waals surface area (Å²) in [4.78, 5) is 0.441. The van der Waals surface area contributed by atoms with Crippen LogP contribution < -0.4 is 5.32 Å². The first kappa shape index (κ1) is 10.8. The van der Waals surface area contributed by atoms with Gasteiger partial charge in [0.25, 0.3) is 0 Å². The van der Waals surface area contributed by atoms with Crippen LogP contribution in [0.25, 0.3) is 0 Å². The van der Waals surface area contributed by atoms with Gasteiger partial charge in [-0.15, -0.1) is 11.8 Å². The highest BCUT2D eigenvalue weighted by atomic mass is 32.2. The Labute approximate surface area is 92.4 Å². The molecule has 2 fully saturated rings. The normalized spacial score (nSPS) is 39.2. The molecule has 0 amide bonds. The SMILES string of the molecule is CC(C)(C)C1CCCCC12NCCS2. The molecule has 1 N–H and O–H groups in total. The number of thioether (sulfide) groups is 1. The van der Waals surface area contributed by atoms with E-state index in [1.54, 1.807) is 0 Å². The summed E-state index contributed by atoms with van der Waals surface area (Å²) < 4.78 is 0. The van der Waals surface area contributed by atoms with Gasteiger partial charge in [0.1, 0.15) is 0 Å². The summed E-state index contributed by atoms with van der Waals surface area (Å²) in [5, 5.41) is 3.79. The minimum atomic E-state index is 0.441. The minimum Gasteiger partial charge on any atom is -0.302 e. The van der Waals surface area contributed by atoms with E-state index in [0.717, 1.165) is 5.92 Å². The molecule has 1 heterocycles. The van der Waals surface area contributed by atoms with Crippen molar-refractivity contribution in [3.8, 4) is 0 Å². The third kappa shape index (κ3) is 1.83. The Balaban J connectivity index is 2.19. The van der Waals surface area contributed by atoms with E-state index in [2.05, 4.69) is 37.8 Å². The molecule has 1 saturated carbocycles. The molecule has 2 heteroatoms. The molecular weight excluding hydrogens is 190 g/mol. The summed E-state index contributed by atoms with van der Waals surface area (Å²) in [7, 11) is 0. The quantitative estimate of drug-likeness (QED) is 0.663. The summed E-state index contributed by atoms with van der Waals surface area (Å²) in [6, 6.07) is 0. The van der Waals surface area contributed by atoms with E-state index in [1.807, 2.05) is 0 Å². The van der Waals surface area contributed by atoms with Gasteiger partial charge in [-0.3, -0.25) is 0 Å². The zero-order valence-electron chi connectivity index (χ0n) is 9.73. The van der Waals surface area contributed by atoms with Gasteiger partial charge >= 0.3 is 0 Å². The molecule has 0 aromatic carbocycles. The zero-order valence-corrected chi connectivity index (χ0v) is 10.5. The molecule has 1 nitrogen and oxygen atoms in total. The Hall–Kier alpha value is 0.310. The molecule has 0 bridgehead atoms. The molecule has 2 atom stereocenters. The van der Waals surface area contributed by atoms with Crippen LogP contribution in [0.3, 0.4) is 0 Å². The van der Waals surface area contributed by atoms with E-state index in [1.165, 1.54) is 38.0 Å². The number of hydrogen-bond acceptors (Lipinski definition) is 2. The highest BCUT2D eigenvalue weighted by Crippen LogP contribution is 2.51. The number of hydrogen-bond donors (Lipinski definition) is 1. The lowest BCUT2D eigenvalue weighted by atomic mass is 9.69. The number of rotatable bonds is 0. The average Bonchev–Trinajstić information content (AvgIpc) is 2.52. The van der Waals surface area contributed by atoms with Gasteiger partial charge in [-0.05, 0) is 24.2 Å². The molecule has 1 aliphatic heterocycles. The van der Waals surface area contributed by atoms with Crippen LogP contribution in [0.4, 0.5) is 0 Å². The molecule has 0 radical (unpaired) electrons. The lowest BCUT2D eigenvalue weighted by Crippen LogP contribution is -2.51. The first-order chi connectivity index (χ1) is 6.55. The summed E-state index contributed by atoms with van der Waals surface area (Å²) in [5.74, 6) is 2.17. The standard InChI is InChI=1S/C12H23NS/c1-11(2,3)10-6-4-5-7-12(10)13-8-9-14-12/h10,13H,4-9H2,1-3H3. The largest absolute Gasteiger partial charge is 0.302 e. The first-order valence-corrected chi connectivity index (χ1v) is 6.92. The Morgan fingerprint density at radius 2 is 2.07 bits per heavy atom. The van der Waals surface area contributed by atoms with Gasteiger partial charge in [-0.2, -0.15) is 0 Å². The molecule has 2 rings (SSSR count). The van der Waals surface area contributed by atoms with E-state index in [4.69, 9.17) is 0 Å². The molecule has 0 aromatic heterocycles. The fourth-order valence-corrected chi connectivity index (χ4v) is 4.94. The molecule has 82 valence electrons. The fourth-order valence-electron chi connectivity index (χ4n) is 3.21. The first-order valence-electron chi connectivity index (χ1n) is 5.94. The molecule has 1 aliphatic carbocycles. The van der Waals surface area contributed by atoms with Gasteiger partial charge in [0.05, 0.1) is 4.87 Å². The Morgan fingerprint density at radius 1 is 1.29 bits per heavy atom. The predicted molar refractivity (Wildman–Crippen MR) is 64.6 cm³/mol. The summed E-state index contributed by atoms with van der Waals surface area (Å²) in [6.07, 6.45) is 5.67. The van der Waals surface area contributed by atoms with Crippen molar-refractivity contribution in [3.63, 3.8) is 0 Å². The molecule has 1 saturated heterocycles. The lowest BCUT2D eigenvalue weighted by Gasteiger charge is -2.47. The summed E-state index contributed by atoms with van der Waals surface area (Å²) in [6.45, 7) is 8.44. The predicted octanol–water partition coefficient (Wildman–Crippen LogP) is 3.26. The van der Waals surface area contributed by atoms with Crippen molar-refractivity contribution < 1.29 is 0 Å². The maximum atomic E-state index is 3.79. The fraction of sp³-hybridized carbons (Fsp3) is 1.00. The maximum Gasteiger partial charge on any atom is 0.0679 e. The Kier molecular flexibility index (Phi) is 2.87. The second-order valence-electron chi connectivity index (χ2n) is 5.83. The third-order valence-electron chi connectivity index (χ3n) is 3.79. The molecule has 0 aromatic rings. The van der Waals surface area contributed by atoms with Crippen LogP contribution in [-0.4, -0.2) is 17.2 Å². The van der Waals surface area contributed by atoms with Crippen LogP contribution in [0.15, 0.2) is 0 Å². The van der Waals surface area contributed by atoms with Crippen molar-refractivity contribution in [1.82, 2.24) is 5.32 Å². The molecular formula is C12H23NS. The van der Waals surface area contributed by atoms with Crippen molar-refractivity contribution in [3.05, 3.63) is 0 Å². The highest BCUT2D eigenvalue weighted by Gasteiger charge is 2.47. The highest BCUT2D eigenvalue weighted by molar-refractivity contribution is 8.00. The molecule has 1 spiro atoms. The Morgan fingerprint density at radius 3 is 2.64 bits per heavy atom. The van der Waals surface area contributed by atoms with Crippen LogP contribution in [0.5, 0.6) is 0 Å². The van der Waals surface area contributed by atoms with Crippen molar-refractivity contribution >= 4 is 11.8 Å². The lowest BCUT2D eigenvalue weighted by molar-refractivity contribution is 0.116. The van der Waals surface area contributed by atoms with Crippen LogP contribution in [0.1, 0.15) is 46.5 Å². The summed E-state index contributed by atoms with van der Waals surface area (Å²) >= 11 is 2.19. The molecule has 14 heavy (non-hydrogen) atoms. The van der Waals surface area contributed by atoms with E-state index in [9.17, 15) is 0 Å². The van der Waals surface area contributed by atoms with Gasteiger partial charge < -0.3 is 5.32 Å². The molecule has 2 unspecified atom stereocenters.